The van der Waals surface area contributed by atoms with Crippen LogP contribution < -0.4 is 5.32 Å². The second kappa shape index (κ2) is 7.19. The van der Waals surface area contributed by atoms with Gasteiger partial charge in [0.25, 0.3) is 0 Å². The second-order valence-electron chi connectivity index (χ2n) is 5.68. The van der Waals surface area contributed by atoms with E-state index in [0.29, 0.717) is 5.92 Å². The molecule has 3 heteroatoms. The van der Waals surface area contributed by atoms with Gasteiger partial charge in [-0.25, -0.2) is 4.39 Å². The van der Waals surface area contributed by atoms with E-state index in [4.69, 9.17) is 0 Å². The lowest BCUT2D eigenvalue weighted by Gasteiger charge is -2.27. The summed E-state index contributed by atoms with van der Waals surface area (Å²) in [4.78, 5) is 0. The van der Waals surface area contributed by atoms with Crippen LogP contribution in [0, 0.1) is 11.7 Å². The van der Waals surface area contributed by atoms with Crippen LogP contribution in [-0.2, 0) is 0 Å². The molecule has 0 radical (unpaired) electrons. The molecule has 0 saturated carbocycles. The highest BCUT2D eigenvalue weighted by molar-refractivity contribution is 9.10. The summed E-state index contributed by atoms with van der Waals surface area (Å²) >= 11 is 3.60. The summed E-state index contributed by atoms with van der Waals surface area (Å²) in [6.45, 7) is 6.50. The Labute approximate surface area is 134 Å². The highest BCUT2D eigenvalue weighted by Crippen LogP contribution is 2.29. The third-order valence-corrected chi connectivity index (χ3v) is 4.42. The number of halogens is 2. The van der Waals surface area contributed by atoms with Gasteiger partial charge in [-0.1, -0.05) is 60.1 Å². The monoisotopic (exact) mass is 349 g/mol. The maximum Gasteiger partial charge on any atom is 0.123 e. The van der Waals surface area contributed by atoms with Crippen LogP contribution in [0.1, 0.15) is 44.0 Å². The van der Waals surface area contributed by atoms with Crippen molar-refractivity contribution in [3.05, 3.63) is 69.9 Å². The zero-order valence-corrected chi connectivity index (χ0v) is 14.2. The van der Waals surface area contributed by atoms with E-state index >= 15 is 0 Å². The zero-order chi connectivity index (χ0) is 15.4. The first-order chi connectivity index (χ1) is 9.99. The van der Waals surface area contributed by atoms with Crippen molar-refractivity contribution < 1.29 is 4.39 Å². The minimum atomic E-state index is -0.194. The van der Waals surface area contributed by atoms with Crippen LogP contribution in [0.25, 0.3) is 0 Å². The summed E-state index contributed by atoms with van der Waals surface area (Å²) in [6, 6.07) is 15.4. The molecule has 0 aromatic heterocycles. The van der Waals surface area contributed by atoms with E-state index in [0.717, 1.165) is 10.0 Å². The van der Waals surface area contributed by atoms with Crippen LogP contribution in [0.5, 0.6) is 0 Å². The van der Waals surface area contributed by atoms with E-state index < -0.39 is 0 Å². The molecule has 0 saturated heterocycles. The van der Waals surface area contributed by atoms with Gasteiger partial charge in [0.1, 0.15) is 5.82 Å². The van der Waals surface area contributed by atoms with Gasteiger partial charge in [0.2, 0.25) is 0 Å². The second-order valence-corrected chi connectivity index (χ2v) is 6.54. The fourth-order valence-electron chi connectivity index (χ4n) is 2.53. The Balaban J connectivity index is 2.20. The summed E-state index contributed by atoms with van der Waals surface area (Å²) in [5.74, 6) is 0.223. The number of rotatable bonds is 5. The first kappa shape index (κ1) is 16.2. The lowest BCUT2D eigenvalue weighted by Crippen LogP contribution is -2.28. The van der Waals surface area contributed by atoms with E-state index in [-0.39, 0.29) is 17.9 Å². The summed E-state index contributed by atoms with van der Waals surface area (Å²) in [6.07, 6.45) is 0. The topological polar surface area (TPSA) is 12.0 Å². The molecule has 0 heterocycles. The Morgan fingerprint density at radius 3 is 2.14 bits per heavy atom. The molecule has 0 amide bonds. The number of nitrogens with one attached hydrogen (secondary N) is 1. The third-order valence-electron chi connectivity index (χ3n) is 3.70. The lowest BCUT2D eigenvalue weighted by atomic mass is 9.94. The highest BCUT2D eigenvalue weighted by Gasteiger charge is 2.19. The molecule has 2 aromatic rings. The van der Waals surface area contributed by atoms with Crippen molar-refractivity contribution in [3.63, 3.8) is 0 Å². The number of hydrogen-bond donors (Lipinski definition) is 1. The van der Waals surface area contributed by atoms with Crippen molar-refractivity contribution in [2.45, 2.75) is 32.9 Å². The van der Waals surface area contributed by atoms with Crippen LogP contribution in [-0.4, -0.2) is 0 Å². The number of benzene rings is 2. The van der Waals surface area contributed by atoms with Crippen molar-refractivity contribution in [1.29, 1.82) is 0 Å². The van der Waals surface area contributed by atoms with Crippen LogP contribution in [0.15, 0.2) is 53.0 Å². The van der Waals surface area contributed by atoms with Gasteiger partial charge in [-0.3, -0.25) is 0 Å². The molecule has 0 aliphatic carbocycles. The summed E-state index contributed by atoms with van der Waals surface area (Å²) in [7, 11) is 0. The molecule has 2 rings (SSSR count). The Kier molecular flexibility index (Phi) is 5.54. The van der Waals surface area contributed by atoms with Crippen molar-refractivity contribution in [2.24, 2.45) is 5.92 Å². The molecular weight excluding hydrogens is 329 g/mol. The molecule has 21 heavy (non-hydrogen) atoms. The largest absolute Gasteiger partial charge is 0.303 e. The Hall–Kier alpha value is -1.19. The van der Waals surface area contributed by atoms with E-state index in [9.17, 15) is 4.39 Å². The number of hydrogen-bond acceptors (Lipinski definition) is 1. The van der Waals surface area contributed by atoms with Crippen molar-refractivity contribution in [2.75, 3.05) is 0 Å². The Morgan fingerprint density at radius 2 is 1.57 bits per heavy atom. The third kappa shape index (κ3) is 4.14. The van der Waals surface area contributed by atoms with Crippen LogP contribution in [0.2, 0.25) is 0 Å². The van der Waals surface area contributed by atoms with Gasteiger partial charge in [0.15, 0.2) is 0 Å². The minimum Gasteiger partial charge on any atom is -0.303 e. The molecular formula is C18H21BrFN. The standard InChI is InChI=1S/C18H21BrFN/c1-12(2)18(14-8-10-15(20)11-9-14)21-13(3)16-6-4-5-7-17(16)19/h4-13,18,21H,1-3H3. The summed E-state index contributed by atoms with van der Waals surface area (Å²) < 4.78 is 14.2. The van der Waals surface area contributed by atoms with Crippen LogP contribution >= 0.6 is 15.9 Å². The van der Waals surface area contributed by atoms with Gasteiger partial charge < -0.3 is 5.32 Å². The fraction of sp³-hybridized carbons (Fsp3) is 0.333. The van der Waals surface area contributed by atoms with E-state index in [2.05, 4.69) is 54.2 Å². The maximum atomic E-state index is 13.1. The van der Waals surface area contributed by atoms with Gasteiger partial charge in [0, 0.05) is 16.6 Å². The van der Waals surface area contributed by atoms with Crippen LogP contribution in [0.3, 0.4) is 0 Å². The van der Waals surface area contributed by atoms with Crippen molar-refractivity contribution in [3.8, 4) is 0 Å². The molecule has 0 fully saturated rings. The highest BCUT2D eigenvalue weighted by atomic mass is 79.9. The molecule has 0 bridgehead atoms. The van der Waals surface area contributed by atoms with Gasteiger partial charge in [-0.2, -0.15) is 0 Å². The summed E-state index contributed by atoms with van der Waals surface area (Å²) in [5, 5.41) is 3.66. The zero-order valence-electron chi connectivity index (χ0n) is 12.6. The molecule has 2 atom stereocenters. The molecule has 0 aliphatic heterocycles. The quantitative estimate of drug-likeness (QED) is 0.736. The maximum absolute atomic E-state index is 13.1. The predicted molar refractivity (Wildman–Crippen MR) is 89.7 cm³/mol. The SMILES string of the molecule is CC(NC(c1ccc(F)cc1)C(C)C)c1ccccc1Br. The lowest BCUT2D eigenvalue weighted by molar-refractivity contribution is 0.373. The van der Waals surface area contributed by atoms with E-state index in [1.807, 2.05) is 24.3 Å². The fourth-order valence-corrected chi connectivity index (χ4v) is 3.16. The van der Waals surface area contributed by atoms with Crippen LogP contribution in [0.4, 0.5) is 4.39 Å². The molecule has 0 aliphatic rings. The minimum absolute atomic E-state index is 0.188. The van der Waals surface area contributed by atoms with E-state index in [1.165, 1.54) is 17.7 Å². The Morgan fingerprint density at radius 1 is 0.952 bits per heavy atom. The molecule has 1 nitrogen and oxygen atoms in total. The van der Waals surface area contributed by atoms with Gasteiger partial charge in [-0.15, -0.1) is 0 Å². The molecule has 112 valence electrons. The average Bonchev–Trinajstić information content (AvgIpc) is 2.46. The Bertz CT molecular complexity index is 580. The van der Waals surface area contributed by atoms with Gasteiger partial charge in [0.05, 0.1) is 0 Å². The average molecular weight is 350 g/mol. The molecule has 0 spiro atoms. The van der Waals surface area contributed by atoms with E-state index in [1.54, 1.807) is 0 Å². The normalized spacial score (nSPS) is 14.2. The first-order valence-electron chi connectivity index (χ1n) is 7.25. The molecule has 1 N–H and O–H groups in total. The van der Waals surface area contributed by atoms with Crippen molar-refractivity contribution in [1.82, 2.24) is 5.32 Å². The van der Waals surface area contributed by atoms with Gasteiger partial charge in [-0.05, 0) is 42.2 Å². The smallest absolute Gasteiger partial charge is 0.123 e. The van der Waals surface area contributed by atoms with Crippen molar-refractivity contribution >= 4 is 15.9 Å². The molecule has 2 aromatic carbocycles. The predicted octanol–water partition coefficient (Wildman–Crippen LogP) is 5.64. The summed E-state index contributed by atoms with van der Waals surface area (Å²) in [5.41, 5.74) is 2.34. The first-order valence-corrected chi connectivity index (χ1v) is 8.04. The van der Waals surface area contributed by atoms with Gasteiger partial charge >= 0.3 is 0 Å². The molecule has 2 unspecified atom stereocenters.